The van der Waals surface area contributed by atoms with E-state index in [2.05, 4.69) is 29.0 Å². The first kappa shape index (κ1) is 17.1. The van der Waals surface area contributed by atoms with Gasteiger partial charge in [0.05, 0.1) is 24.9 Å². The van der Waals surface area contributed by atoms with Gasteiger partial charge in [-0.1, -0.05) is 20.8 Å². The van der Waals surface area contributed by atoms with E-state index in [0.29, 0.717) is 6.42 Å². The van der Waals surface area contributed by atoms with E-state index >= 15 is 0 Å². The summed E-state index contributed by atoms with van der Waals surface area (Å²) in [6.45, 7) is 9.62. The molecular formula is C18H28N4O2. The van der Waals surface area contributed by atoms with Crippen LogP contribution in [0.3, 0.4) is 0 Å². The van der Waals surface area contributed by atoms with Crippen molar-refractivity contribution in [1.29, 1.82) is 0 Å². The predicted octanol–water partition coefficient (Wildman–Crippen LogP) is 2.24. The predicted molar refractivity (Wildman–Crippen MR) is 93.0 cm³/mol. The number of aromatic nitrogens is 2. The first-order chi connectivity index (χ1) is 11.5. The van der Waals surface area contributed by atoms with Crippen molar-refractivity contribution in [2.75, 3.05) is 31.2 Å². The Morgan fingerprint density at radius 2 is 2.17 bits per heavy atom. The molecule has 1 aromatic heterocycles. The van der Waals surface area contributed by atoms with Gasteiger partial charge in [0.25, 0.3) is 0 Å². The highest BCUT2D eigenvalue weighted by atomic mass is 16.5. The fourth-order valence-corrected chi connectivity index (χ4v) is 3.57. The highest BCUT2D eigenvalue weighted by Gasteiger charge is 2.34. The lowest BCUT2D eigenvalue weighted by molar-refractivity contribution is -0.122. The lowest BCUT2D eigenvalue weighted by Crippen LogP contribution is -2.39. The molecular weight excluding hydrogens is 304 g/mol. The fourth-order valence-electron chi connectivity index (χ4n) is 3.57. The van der Waals surface area contributed by atoms with Crippen LogP contribution in [-0.2, 0) is 16.0 Å². The minimum atomic E-state index is 0.0153. The summed E-state index contributed by atoms with van der Waals surface area (Å²) >= 11 is 0. The van der Waals surface area contributed by atoms with Gasteiger partial charge in [0.2, 0.25) is 11.9 Å². The zero-order valence-corrected chi connectivity index (χ0v) is 15.0. The van der Waals surface area contributed by atoms with E-state index in [9.17, 15) is 4.79 Å². The van der Waals surface area contributed by atoms with Crippen molar-refractivity contribution >= 4 is 11.9 Å². The molecule has 0 saturated carbocycles. The van der Waals surface area contributed by atoms with E-state index in [1.807, 2.05) is 13.1 Å². The van der Waals surface area contributed by atoms with E-state index in [1.165, 1.54) is 0 Å². The summed E-state index contributed by atoms with van der Waals surface area (Å²) in [6, 6.07) is 0.0153. The number of hydrogen-bond acceptors (Lipinski definition) is 5. The third kappa shape index (κ3) is 3.86. The number of nitrogens with zero attached hydrogens (tertiary/aromatic N) is 3. The second-order valence-corrected chi connectivity index (χ2v) is 7.59. The van der Waals surface area contributed by atoms with Crippen molar-refractivity contribution in [3.05, 3.63) is 17.5 Å². The fraction of sp³-hybridized carbons (Fsp3) is 0.722. The topological polar surface area (TPSA) is 67.4 Å². The molecule has 1 aromatic rings. The molecule has 3 rings (SSSR count). The van der Waals surface area contributed by atoms with Crippen molar-refractivity contribution in [1.82, 2.24) is 15.3 Å². The molecule has 1 atom stereocenters. The summed E-state index contributed by atoms with van der Waals surface area (Å²) < 4.78 is 5.41. The summed E-state index contributed by atoms with van der Waals surface area (Å²) in [5, 5.41) is 3.18. The normalized spacial score (nSPS) is 22.8. The molecule has 1 aliphatic carbocycles. The zero-order chi connectivity index (χ0) is 17.2. The Balaban J connectivity index is 1.84. The van der Waals surface area contributed by atoms with Gasteiger partial charge in [0, 0.05) is 31.3 Å². The first-order valence-corrected chi connectivity index (χ1v) is 8.96. The SMILES string of the molecule is CCCC(=O)N[C@H]1CC(C)(C)Cc2nc(N3CCOCC3)ncc21. The van der Waals surface area contributed by atoms with Gasteiger partial charge >= 0.3 is 0 Å². The Bertz CT molecular complexity index is 597. The van der Waals surface area contributed by atoms with Crippen molar-refractivity contribution in [3.63, 3.8) is 0 Å². The quantitative estimate of drug-likeness (QED) is 0.916. The van der Waals surface area contributed by atoms with Crippen molar-refractivity contribution in [2.45, 2.75) is 52.5 Å². The maximum Gasteiger partial charge on any atom is 0.225 e. The molecule has 0 unspecified atom stereocenters. The number of morpholine rings is 1. The zero-order valence-electron chi connectivity index (χ0n) is 15.0. The monoisotopic (exact) mass is 332 g/mol. The lowest BCUT2D eigenvalue weighted by Gasteiger charge is -2.37. The summed E-state index contributed by atoms with van der Waals surface area (Å²) in [4.78, 5) is 23.7. The minimum absolute atomic E-state index is 0.0153. The number of rotatable bonds is 4. The van der Waals surface area contributed by atoms with E-state index in [0.717, 1.165) is 62.8 Å². The van der Waals surface area contributed by atoms with Crippen molar-refractivity contribution < 1.29 is 9.53 Å². The van der Waals surface area contributed by atoms with Crippen LogP contribution in [-0.4, -0.2) is 42.2 Å². The van der Waals surface area contributed by atoms with E-state index in [1.54, 1.807) is 0 Å². The number of carbonyl (C=O) groups is 1. The Hall–Kier alpha value is -1.69. The molecule has 24 heavy (non-hydrogen) atoms. The third-order valence-corrected chi connectivity index (χ3v) is 4.77. The van der Waals surface area contributed by atoms with Crippen molar-refractivity contribution in [2.24, 2.45) is 5.41 Å². The smallest absolute Gasteiger partial charge is 0.225 e. The minimum Gasteiger partial charge on any atom is -0.378 e. The first-order valence-electron chi connectivity index (χ1n) is 8.96. The van der Waals surface area contributed by atoms with Crippen LogP contribution < -0.4 is 10.2 Å². The second-order valence-electron chi connectivity index (χ2n) is 7.59. The number of carbonyl (C=O) groups excluding carboxylic acids is 1. The Labute approximate surface area is 144 Å². The summed E-state index contributed by atoms with van der Waals surface area (Å²) in [7, 11) is 0. The highest BCUT2D eigenvalue weighted by molar-refractivity contribution is 5.76. The molecule has 132 valence electrons. The average Bonchev–Trinajstić information content (AvgIpc) is 2.54. The van der Waals surface area contributed by atoms with Gasteiger partial charge in [0.1, 0.15) is 0 Å². The highest BCUT2D eigenvalue weighted by Crippen LogP contribution is 2.40. The van der Waals surface area contributed by atoms with Crippen LogP contribution in [0.4, 0.5) is 5.95 Å². The third-order valence-electron chi connectivity index (χ3n) is 4.77. The molecule has 6 heteroatoms. The van der Waals surface area contributed by atoms with Crippen LogP contribution in [0.25, 0.3) is 0 Å². The molecule has 1 fully saturated rings. The molecule has 0 radical (unpaired) electrons. The Morgan fingerprint density at radius 1 is 1.42 bits per heavy atom. The molecule has 6 nitrogen and oxygen atoms in total. The number of hydrogen-bond donors (Lipinski definition) is 1. The van der Waals surface area contributed by atoms with Crippen LogP contribution in [0.2, 0.25) is 0 Å². The second kappa shape index (κ2) is 7.05. The van der Waals surface area contributed by atoms with E-state index in [4.69, 9.17) is 9.72 Å². The molecule has 1 N–H and O–H groups in total. The maximum atomic E-state index is 12.1. The van der Waals surface area contributed by atoms with Crippen LogP contribution in [0.15, 0.2) is 6.20 Å². The van der Waals surface area contributed by atoms with Crippen LogP contribution >= 0.6 is 0 Å². The number of amides is 1. The molecule has 2 aliphatic rings. The van der Waals surface area contributed by atoms with Gasteiger partial charge in [-0.25, -0.2) is 9.97 Å². The Morgan fingerprint density at radius 3 is 2.88 bits per heavy atom. The molecule has 1 amide bonds. The lowest BCUT2D eigenvalue weighted by atomic mass is 9.74. The summed E-state index contributed by atoms with van der Waals surface area (Å²) in [5.41, 5.74) is 2.27. The molecule has 0 bridgehead atoms. The number of anilines is 1. The van der Waals surface area contributed by atoms with Gasteiger partial charge in [0.15, 0.2) is 0 Å². The van der Waals surface area contributed by atoms with Gasteiger partial charge in [-0.2, -0.15) is 0 Å². The summed E-state index contributed by atoms with van der Waals surface area (Å²) in [5.74, 6) is 0.900. The molecule has 0 spiro atoms. The Kier molecular flexibility index (Phi) is 5.04. The van der Waals surface area contributed by atoms with E-state index < -0.39 is 0 Å². The summed E-state index contributed by atoms with van der Waals surface area (Å²) in [6.07, 6.45) is 5.19. The molecule has 1 aliphatic heterocycles. The number of ether oxygens (including phenoxy) is 1. The number of nitrogens with one attached hydrogen (secondary N) is 1. The standard InChI is InChI=1S/C18H28N4O2/c1-4-5-16(23)20-14-10-18(2,3)11-15-13(14)12-19-17(21-15)22-6-8-24-9-7-22/h12,14H,4-11H2,1-3H3,(H,20,23)/t14-/m0/s1. The molecule has 1 saturated heterocycles. The van der Waals surface area contributed by atoms with Gasteiger partial charge in [-0.3, -0.25) is 4.79 Å². The average molecular weight is 332 g/mol. The van der Waals surface area contributed by atoms with Crippen LogP contribution in [0.1, 0.15) is 57.3 Å². The van der Waals surface area contributed by atoms with Gasteiger partial charge < -0.3 is 15.0 Å². The largest absolute Gasteiger partial charge is 0.378 e. The maximum absolute atomic E-state index is 12.1. The van der Waals surface area contributed by atoms with Gasteiger partial charge in [-0.15, -0.1) is 0 Å². The van der Waals surface area contributed by atoms with E-state index in [-0.39, 0.29) is 17.4 Å². The van der Waals surface area contributed by atoms with Crippen LogP contribution in [0, 0.1) is 5.41 Å². The van der Waals surface area contributed by atoms with Crippen molar-refractivity contribution in [3.8, 4) is 0 Å². The van der Waals surface area contributed by atoms with Crippen LogP contribution in [0.5, 0.6) is 0 Å². The van der Waals surface area contributed by atoms with Gasteiger partial charge in [-0.05, 0) is 24.7 Å². The molecule has 2 heterocycles. The molecule has 0 aromatic carbocycles. The number of fused-ring (bicyclic) bond motifs is 1.